The topological polar surface area (TPSA) is 38.1 Å². The second kappa shape index (κ2) is 5.93. The van der Waals surface area contributed by atoms with E-state index in [1.807, 2.05) is 10.4 Å². The number of rotatable bonds is 4. The van der Waals surface area contributed by atoms with Gasteiger partial charge in [-0.25, -0.2) is 4.79 Å². The van der Waals surface area contributed by atoms with E-state index in [1.54, 1.807) is 0 Å². The van der Waals surface area contributed by atoms with Gasteiger partial charge >= 0.3 is 5.69 Å². The first-order chi connectivity index (χ1) is 9.15. The number of nitrogens with zero attached hydrogens (tertiary/aromatic N) is 3. The van der Waals surface area contributed by atoms with Crippen molar-refractivity contribution in [3.05, 3.63) is 20.3 Å². The van der Waals surface area contributed by atoms with Gasteiger partial charge in [-0.1, -0.05) is 58.9 Å². The normalized spacial score (nSPS) is 13.4. The minimum Gasteiger partial charge on any atom is -0.409 e. The quantitative estimate of drug-likeness (QED) is 0.511. The lowest BCUT2D eigenvalue weighted by molar-refractivity contribution is 0.946. The number of aromatic nitrogens is 2. The summed E-state index contributed by atoms with van der Waals surface area (Å²) in [6.45, 7) is 20.5. The summed E-state index contributed by atoms with van der Waals surface area (Å²) in [4.78, 5) is 17.0. The second-order valence-electron chi connectivity index (χ2n) is 8.41. The summed E-state index contributed by atoms with van der Waals surface area (Å²) >= 11 is 2.34. The van der Waals surface area contributed by atoms with Gasteiger partial charge in [0, 0.05) is 6.20 Å². The van der Waals surface area contributed by atoms with Crippen LogP contribution in [0.2, 0.25) is 58.9 Å². The van der Waals surface area contributed by atoms with Crippen LogP contribution in [0.1, 0.15) is 0 Å². The molecule has 0 spiro atoms. The Hall–Kier alpha value is 0.0606. The van der Waals surface area contributed by atoms with Crippen LogP contribution in [0, 0.1) is 3.57 Å². The Labute approximate surface area is 145 Å². The van der Waals surface area contributed by atoms with Gasteiger partial charge < -0.3 is 8.46 Å². The monoisotopic (exact) mass is 453 g/mol. The maximum absolute atomic E-state index is 12.5. The SMILES string of the molecule is C[Si](C)(C)N(c1nc(=O)n([Si](C)(C)C)cc1I)[Si](C)(C)C. The highest BCUT2D eigenvalue weighted by Crippen LogP contribution is 2.29. The van der Waals surface area contributed by atoms with Gasteiger partial charge in [-0.05, 0) is 22.6 Å². The molecule has 0 N–H and O–H groups in total. The summed E-state index contributed by atoms with van der Waals surface area (Å²) in [7, 11) is -4.90. The highest BCUT2D eigenvalue weighted by Gasteiger charge is 2.37. The van der Waals surface area contributed by atoms with Crippen LogP contribution in [0.4, 0.5) is 5.82 Å². The van der Waals surface area contributed by atoms with Crippen molar-refractivity contribution < 1.29 is 0 Å². The lowest BCUT2D eigenvalue weighted by Crippen LogP contribution is -2.60. The molecule has 0 bridgehead atoms. The fraction of sp³-hybridized carbons (Fsp3) is 0.692. The van der Waals surface area contributed by atoms with E-state index in [0.717, 1.165) is 9.39 Å². The molecule has 0 aliphatic heterocycles. The van der Waals surface area contributed by atoms with Crippen LogP contribution in [-0.4, -0.2) is 33.9 Å². The van der Waals surface area contributed by atoms with E-state index in [4.69, 9.17) is 0 Å². The molecule has 1 aromatic heterocycles. The summed E-state index contributed by atoms with van der Waals surface area (Å²) in [5.74, 6) is 0.911. The summed E-state index contributed by atoms with van der Waals surface area (Å²) in [5.41, 5.74) is -0.0916. The Kier molecular flexibility index (Phi) is 5.39. The molecule has 4 nitrogen and oxygen atoms in total. The fourth-order valence-electron chi connectivity index (χ4n) is 2.70. The zero-order valence-corrected chi connectivity index (χ0v) is 19.9. The van der Waals surface area contributed by atoms with Crippen molar-refractivity contribution in [2.45, 2.75) is 58.9 Å². The highest BCUT2D eigenvalue weighted by atomic mass is 127. The molecule has 0 fully saturated rings. The molecule has 0 aliphatic rings. The maximum atomic E-state index is 12.5. The molecule has 0 aliphatic carbocycles. The smallest absolute Gasteiger partial charge is 0.341 e. The fourth-order valence-corrected chi connectivity index (χ4v) is 14.9. The molecule has 0 unspecified atom stereocenters. The van der Waals surface area contributed by atoms with Crippen molar-refractivity contribution in [2.75, 3.05) is 4.23 Å². The van der Waals surface area contributed by atoms with Crippen molar-refractivity contribution in [2.24, 2.45) is 0 Å². The van der Waals surface area contributed by atoms with Gasteiger partial charge in [-0.15, -0.1) is 0 Å². The Morgan fingerprint density at radius 1 is 1.00 bits per heavy atom. The second-order valence-corrected chi connectivity index (χ2v) is 24.4. The molecular formula is C13H28IN3OSi3. The number of anilines is 1. The maximum Gasteiger partial charge on any atom is 0.341 e. The van der Waals surface area contributed by atoms with Crippen LogP contribution >= 0.6 is 22.6 Å². The molecule has 1 rings (SSSR count). The number of halogens is 1. The molecule has 120 valence electrons. The molecule has 21 heavy (non-hydrogen) atoms. The Morgan fingerprint density at radius 3 is 1.76 bits per heavy atom. The Balaban J connectivity index is 3.58. The van der Waals surface area contributed by atoms with Crippen molar-refractivity contribution in [3.63, 3.8) is 0 Å². The molecule has 0 atom stereocenters. The summed E-state index contributed by atoms with van der Waals surface area (Å²) in [6, 6.07) is 0. The van der Waals surface area contributed by atoms with Crippen LogP contribution in [0.3, 0.4) is 0 Å². The van der Waals surface area contributed by atoms with E-state index in [0.29, 0.717) is 0 Å². The van der Waals surface area contributed by atoms with Crippen LogP contribution in [0.5, 0.6) is 0 Å². The first kappa shape index (κ1) is 19.1. The summed E-state index contributed by atoms with van der Waals surface area (Å²) in [5, 5.41) is 0. The van der Waals surface area contributed by atoms with Crippen molar-refractivity contribution in [1.82, 2.24) is 9.22 Å². The van der Waals surface area contributed by atoms with E-state index in [1.165, 1.54) is 0 Å². The Morgan fingerprint density at radius 2 is 1.43 bits per heavy atom. The van der Waals surface area contributed by atoms with Gasteiger partial charge in [0.25, 0.3) is 0 Å². The van der Waals surface area contributed by atoms with E-state index < -0.39 is 24.7 Å². The average molecular weight is 454 g/mol. The Bertz CT molecular complexity index is 568. The predicted octanol–water partition coefficient (Wildman–Crippen LogP) is 4.01. The van der Waals surface area contributed by atoms with Crippen LogP contribution < -0.4 is 9.92 Å². The highest BCUT2D eigenvalue weighted by molar-refractivity contribution is 14.1. The molecule has 0 radical (unpaired) electrons. The van der Waals surface area contributed by atoms with Crippen LogP contribution in [0.15, 0.2) is 11.0 Å². The first-order valence-corrected chi connectivity index (χ1v) is 18.7. The van der Waals surface area contributed by atoms with Crippen LogP contribution in [-0.2, 0) is 0 Å². The number of hydrogen-bond donors (Lipinski definition) is 0. The first-order valence-electron chi connectivity index (χ1n) is 7.26. The standard InChI is InChI=1S/C13H28IN3OSi3/c1-19(2,3)16-10-11(14)12(15-13(16)18)17(20(4,5)6)21(7,8)9/h10H,1-9H3. The van der Waals surface area contributed by atoms with Crippen LogP contribution in [0.25, 0.3) is 0 Å². The molecule has 0 saturated heterocycles. The zero-order valence-electron chi connectivity index (χ0n) is 14.7. The minimum absolute atomic E-state index is 0.0916. The molecule has 8 heteroatoms. The van der Waals surface area contributed by atoms with Gasteiger partial charge in [0.05, 0.1) is 3.57 Å². The molecule has 1 aromatic rings. The largest absolute Gasteiger partial charge is 0.409 e. The third-order valence-electron chi connectivity index (χ3n) is 3.14. The van der Waals surface area contributed by atoms with E-state index >= 15 is 0 Å². The molecule has 0 amide bonds. The average Bonchev–Trinajstić information content (AvgIpc) is 2.16. The predicted molar refractivity (Wildman–Crippen MR) is 109 cm³/mol. The summed E-state index contributed by atoms with van der Waals surface area (Å²) in [6.07, 6.45) is 2.02. The molecule has 1 heterocycles. The van der Waals surface area contributed by atoms with Gasteiger partial charge in [-0.3, -0.25) is 0 Å². The minimum atomic E-state index is -1.72. The van der Waals surface area contributed by atoms with Gasteiger partial charge in [0.1, 0.15) is 22.3 Å². The number of hydrogen-bond acceptors (Lipinski definition) is 3. The zero-order chi connectivity index (χ0) is 16.8. The summed E-state index contributed by atoms with van der Waals surface area (Å²) < 4.78 is 5.47. The van der Waals surface area contributed by atoms with Crippen molar-refractivity contribution in [3.8, 4) is 0 Å². The molecular weight excluding hydrogens is 425 g/mol. The third-order valence-corrected chi connectivity index (χ3v) is 12.8. The van der Waals surface area contributed by atoms with Gasteiger partial charge in [0.15, 0.2) is 8.24 Å². The van der Waals surface area contributed by atoms with E-state index in [2.05, 4.69) is 90.7 Å². The molecule has 0 aromatic carbocycles. The lowest BCUT2D eigenvalue weighted by atomic mass is 10.6. The van der Waals surface area contributed by atoms with Gasteiger partial charge in [0.2, 0.25) is 0 Å². The van der Waals surface area contributed by atoms with Crippen molar-refractivity contribution in [1.29, 1.82) is 0 Å². The lowest BCUT2D eigenvalue weighted by Gasteiger charge is -2.45. The third kappa shape index (κ3) is 4.52. The van der Waals surface area contributed by atoms with Crippen molar-refractivity contribution >= 4 is 53.1 Å². The van der Waals surface area contributed by atoms with Gasteiger partial charge in [-0.2, -0.15) is 4.98 Å². The van der Waals surface area contributed by atoms with E-state index in [9.17, 15) is 4.79 Å². The molecule has 0 saturated carbocycles. The van der Waals surface area contributed by atoms with E-state index in [-0.39, 0.29) is 5.69 Å².